The summed E-state index contributed by atoms with van der Waals surface area (Å²) in [4.78, 5) is 0. The van der Waals surface area contributed by atoms with E-state index in [0.29, 0.717) is 12.2 Å². The summed E-state index contributed by atoms with van der Waals surface area (Å²) in [6, 6.07) is 18.2. The van der Waals surface area contributed by atoms with Gasteiger partial charge in [0.15, 0.2) is 0 Å². The first kappa shape index (κ1) is 19.5. The van der Waals surface area contributed by atoms with E-state index in [1.54, 1.807) is 33.5 Å². The van der Waals surface area contributed by atoms with Crippen LogP contribution in [0.1, 0.15) is 22.3 Å². The highest BCUT2D eigenvalue weighted by Crippen LogP contribution is 2.32. The van der Waals surface area contributed by atoms with Crippen molar-refractivity contribution in [1.82, 2.24) is 0 Å². The number of hydrogen-bond acceptors (Lipinski definition) is 3. The van der Waals surface area contributed by atoms with Crippen molar-refractivity contribution >= 4 is 12.2 Å². The van der Waals surface area contributed by atoms with Gasteiger partial charge in [0.1, 0.15) is 23.1 Å². The Balaban J connectivity index is 1.99. The Morgan fingerprint density at radius 3 is 2.04 bits per heavy atom. The van der Waals surface area contributed by atoms with Crippen LogP contribution in [0.5, 0.6) is 17.2 Å². The van der Waals surface area contributed by atoms with E-state index in [1.807, 2.05) is 48.6 Å². The van der Waals surface area contributed by atoms with Gasteiger partial charge in [-0.1, -0.05) is 36.4 Å². The number of ether oxygens (including phenoxy) is 3. The summed E-state index contributed by atoms with van der Waals surface area (Å²) in [5.74, 6) is 2.05. The van der Waals surface area contributed by atoms with Crippen molar-refractivity contribution < 1.29 is 18.6 Å². The van der Waals surface area contributed by atoms with Crippen LogP contribution in [0.25, 0.3) is 12.2 Å². The average Bonchev–Trinajstić information content (AvgIpc) is 2.74. The molecule has 0 aliphatic rings. The van der Waals surface area contributed by atoms with Gasteiger partial charge in [0.25, 0.3) is 0 Å². The Hall–Kier alpha value is -3.27. The lowest BCUT2D eigenvalue weighted by Crippen LogP contribution is -1.99. The molecule has 3 aromatic rings. The first-order valence-corrected chi connectivity index (χ1v) is 8.94. The normalized spacial score (nSPS) is 10.9. The van der Waals surface area contributed by atoms with E-state index < -0.39 is 0 Å². The molecule has 3 aromatic carbocycles. The summed E-state index contributed by atoms with van der Waals surface area (Å²) >= 11 is 0. The van der Waals surface area contributed by atoms with Crippen LogP contribution >= 0.6 is 0 Å². The third-order valence-electron chi connectivity index (χ3n) is 4.54. The lowest BCUT2D eigenvalue weighted by molar-refractivity contribution is 0.391. The molecule has 0 aromatic heterocycles. The number of rotatable bonds is 7. The third kappa shape index (κ3) is 4.71. The fraction of sp³-hybridized carbons (Fsp3) is 0.167. The smallest absolute Gasteiger partial charge is 0.126 e. The predicted octanol–water partition coefficient (Wildman–Crippen LogP) is 5.61. The molecule has 0 heterocycles. The predicted molar refractivity (Wildman–Crippen MR) is 111 cm³/mol. The van der Waals surface area contributed by atoms with Gasteiger partial charge in [-0.3, -0.25) is 0 Å². The molecule has 0 saturated heterocycles. The van der Waals surface area contributed by atoms with Crippen LogP contribution in [-0.2, 0) is 6.42 Å². The summed E-state index contributed by atoms with van der Waals surface area (Å²) in [7, 11) is 4.94. The number of methoxy groups -OCH3 is 3. The molecule has 0 aliphatic heterocycles. The Labute approximate surface area is 165 Å². The van der Waals surface area contributed by atoms with E-state index in [2.05, 4.69) is 0 Å². The second kappa shape index (κ2) is 9.09. The van der Waals surface area contributed by atoms with Gasteiger partial charge in [0, 0.05) is 18.1 Å². The Bertz CT molecular complexity index is 945. The first-order valence-electron chi connectivity index (χ1n) is 8.94. The molecule has 144 valence electrons. The lowest BCUT2D eigenvalue weighted by atomic mass is 9.97. The van der Waals surface area contributed by atoms with Crippen molar-refractivity contribution in [1.29, 1.82) is 0 Å². The molecular weight excluding hydrogens is 355 g/mol. The maximum absolute atomic E-state index is 13.1. The molecule has 0 fully saturated rings. The molecule has 0 atom stereocenters. The molecule has 0 radical (unpaired) electrons. The van der Waals surface area contributed by atoms with Crippen LogP contribution in [-0.4, -0.2) is 21.3 Å². The minimum absolute atomic E-state index is 0.250. The second-order valence-corrected chi connectivity index (χ2v) is 6.31. The maximum atomic E-state index is 13.1. The second-order valence-electron chi connectivity index (χ2n) is 6.31. The van der Waals surface area contributed by atoms with Gasteiger partial charge in [-0.15, -0.1) is 0 Å². The monoisotopic (exact) mass is 378 g/mol. The molecule has 0 saturated carbocycles. The standard InChI is InChI=1S/C24H23FO3/c1-26-21-12-7-18(8-13-21)14-23-19(15-22(27-2)16-24(23)28-3)9-4-17-5-10-20(25)11-6-17/h4-13,15-16H,14H2,1-3H3/b9-4+. The Morgan fingerprint density at radius 1 is 0.750 bits per heavy atom. The SMILES string of the molecule is COc1ccc(Cc2c(/C=C/c3ccc(F)cc3)cc(OC)cc2OC)cc1. The highest BCUT2D eigenvalue weighted by atomic mass is 19.1. The quantitative estimate of drug-likeness (QED) is 0.500. The van der Waals surface area contributed by atoms with Gasteiger partial charge in [0.05, 0.1) is 21.3 Å². The zero-order valence-electron chi connectivity index (χ0n) is 16.2. The molecular formula is C24H23FO3. The van der Waals surface area contributed by atoms with Gasteiger partial charge in [-0.2, -0.15) is 0 Å². The Morgan fingerprint density at radius 2 is 1.43 bits per heavy atom. The Kier molecular flexibility index (Phi) is 6.33. The van der Waals surface area contributed by atoms with E-state index in [1.165, 1.54) is 12.1 Å². The molecule has 0 aliphatic carbocycles. The molecule has 28 heavy (non-hydrogen) atoms. The first-order chi connectivity index (χ1) is 13.6. The minimum atomic E-state index is -0.250. The van der Waals surface area contributed by atoms with E-state index in [4.69, 9.17) is 14.2 Å². The molecule has 0 N–H and O–H groups in total. The molecule has 0 amide bonds. The van der Waals surface area contributed by atoms with Crippen molar-refractivity contribution in [3.05, 3.63) is 88.7 Å². The zero-order valence-corrected chi connectivity index (χ0v) is 16.2. The van der Waals surface area contributed by atoms with Gasteiger partial charge in [0.2, 0.25) is 0 Å². The van der Waals surface area contributed by atoms with Crippen molar-refractivity contribution in [2.45, 2.75) is 6.42 Å². The fourth-order valence-corrected chi connectivity index (χ4v) is 2.99. The number of hydrogen-bond donors (Lipinski definition) is 0. The van der Waals surface area contributed by atoms with E-state index in [9.17, 15) is 4.39 Å². The van der Waals surface area contributed by atoms with Crippen LogP contribution in [0.3, 0.4) is 0 Å². The summed E-state index contributed by atoms with van der Waals surface area (Å²) in [5, 5.41) is 0. The molecule has 3 nitrogen and oxygen atoms in total. The molecule has 0 unspecified atom stereocenters. The third-order valence-corrected chi connectivity index (χ3v) is 4.54. The van der Waals surface area contributed by atoms with Crippen LogP contribution in [0.4, 0.5) is 4.39 Å². The largest absolute Gasteiger partial charge is 0.497 e. The van der Waals surface area contributed by atoms with Gasteiger partial charge in [-0.05, 0) is 47.0 Å². The summed E-state index contributed by atoms with van der Waals surface area (Å²) < 4.78 is 29.4. The van der Waals surface area contributed by atoms with Gasteiger partial charge < -0.3 is 14.2 Å². The summed E-state index contributed by atoms with van der Waals surface area (Å²) in [6.45, 7) is 0. The highest BCUT2D eigenvalue weighted by Gasteiger charge is 2.12. The molecule has 0 bridgehead atoms. The minimum Gasteiger partial charge on any atom is -0.497 e. The lowest BCUT2D eigenvalue weighted by Gasteiger charge is -2.15. The molecule has 3 rings (SSSR count). The zero-order chi connectivity index (χ0) is 19.9. The van der Waals surface area contributed by atoms with Crippen molar-refractivity contribution in [2.75, 3.05) is 21.3 Å². The van der Waals surface area contributed by atoms with Crippen molar-refractivity contribution in [3.63, 3.8) is 0 Å². The molecule has 0 spiro atoms. The van der Waals surface area contributed by atoms with Crippen molar-refractivity contribution in [3.8, 4) is 17.2 Å². The number of halogens is 1. The van der Waals surface area contributed by atoms with E-state index >= 15 is 0 Å². The van der Waals surface area contributed by atoms with Crippen LogP contribution in [0, 0.1) is 5.82 Å². The fourth-order valence-electron chi connectivity index (χ4n) is 2.99. The van der Waals surface area contributed by atoms with Gasteiger partial charge in [-0.25, -0.2) is 4.39 Å². The maximum Gasteiger partial charge on any atom is 0.126 e. The van der Waals surface area contributed by atoms with Gasteiger partial charge >= 0.3 is 0 Å². The summed E-state index contributed by atoms with van der Waals surface area (Å²) in [6.07, 6.45) is 4.64. The van der Waals surface area contributed by atoms with Crippen LogP contribution in [0.2, 0.25) is 0 Å². The molecule has 4 heteroatoms. The highest BCUT2D eigenvalue weighted by molar-refractivity contribution is 5.73. The van der Waals surface area contributed by atoms with E-state index in [-0.39, 0.29) is 5.82 Å². The topological polar surface area (TPSA) is 27.7 Å². The summed E-state index contributed by atoms with van der Waals surface area (Å²) in [5.41, 5.74) is 4.09. The average molecular weight is 378 g/mol. The van der Waals surface area contributed by atoms with Crippen molar-refractivity contribution in [2.24, 2.45) is 0 Å². The van der Waals surface area contributed by atoms with Crippen LogP contribution < -0.4 is 14.2 Å². The van der Waals surface area contributed by atoms with Crippen LogP contribution in [0.15, 0.2) is 60.7 Å². The number of benzene rings is 3. The van der Waals surface area contributed by atoms with E-state index in [0.717, 1.165) is 33.8 Å².